The van der Waals surface area contributed by atoms with Gasteiger partial charge in [0.2, 0.25) is 0 Å². The van der Waals surface area contributed by atoms with Gasteiger partial charge in [-0.05, 0) is 12.1 Å². The first kappa shape index (κ1) is 14.0. The van der Waals surface area contributed by atoms with Gasteiger partial charge in [0, 0.05) is 13.2 Å². The van der Waals surface area contributed by atoms with Gasteiger partial charge < -0.3 is 4.74 Å². The second kappa shape index (κ2) is 5.44. The Bertz CT molecular complexity index is 731. The van der Waals surface area contributed by atoms with Gasteiger partial charge in [-0.3, -0.25) is 19.2 Å². The molecule has 22 heavy (non-hydrogen) atoms. The summed E-state index contributed by atoms with van der Waals surface area (Å²) in [4.78, 5) is 37.0. The van der Waals surface area contributed by atoms with Crippen molar-refractivity contribution in [3.8, 4) is 0 Å². The van der Waals surface area contributed by atoms with E-state index >= 15 is 0 Å². The van der Waals surface area contributed by atoms with Gasteiger partial charge in [-0.1, -0.05) is 12.1 Å². The zero-order chi connectivity index (χ0) is 15.7. The molecule has 0 saturated heterocycles. The number of benzene rings is 1. The van der Waals surface area contributed by atoms with Gasteiger partial charge in [-0.25, -0.2) is 4.79 Å². The second-order valence-electron chi connectivity index (χ2n) is 4.85. The predicted molar refractivity (Wildman–Crippen MR) is 75.3 cm³/mol. The number of carbonyl (C=O) groups excluding carboxylic acids is 3. The van der Waals surface area contributed by atoms with Gasteiger partial charge in [0.15, 0.2) is 0 Å². The highest BCUT2D eigenvalue weighted by Crippen LogP contribution is 2.21. The van der Waals surface area contributed by atoms with Crippen molar-refractivity contribution in [1.82, 2.24) is 14.7 Å². The summed E-state index contributed by atoms with van der Waals surface area (Å²) in [6.45, 7) is -0.0302. The van der Waals surface area contributed by atoms with Crippen LogP contribution in [0.4, 0.5) is 0 Å². The van der Waals surface area contributed by atoms with E-state index in [1.807, 2.05) is 0 Å². The lowest BCUT2D eigenvalue weighted by molar-refractivity contribution is 0.0420. The first-order valence-corrected chi connectivity index (χ1v) is 6.69. The molecule has 7 heteroatoms. The Labute approximate surface area is 126 Å². The molecule has 0 atom stereocenters. The Hall–Kier alpha value is -2.96. The van der Waals surface area contributed by atoms with Gasteiger partial charge in [0.05, 0.1) is 29.4 Å². The van der Waals surface area contributed by atoms with Crippen molar-refractivity contribution in [1.29, 1.82) is 0 Å². The van der Waals surface area contributed by atoms with E-state index in [2.05, 4.69) is 5.10 Å². The predicted octanol–water partition coefficient (Wildman–Crippen LogP) is 0.873. The van der Waals surface area contributed by atoms with Crippen LogP contribution in [-0.2, 0) is 11.8 Å². The summed E-state index contributed by atoms with van der Waals surface area (Å²) >= 11 is 0. The Morgan fingerprint density at radius 1 is 1.18 bits per heavy atom. The van der Waals surface area contributed by atoms with E-state index < -0.39 is 5.97 Å². The van der Waals surface area contributed by atoms with E-state index in [4.69, 9.17) is 4.74 Å². The standard InChI is InChI=1S/C15H13N3O4/c1-17-9-10(8-16-17)15(21)22-7-6-18-13(19)11-4-2-3-5-12(11)14(18)20/h2-5,8-9H,6-7H2,1H3. The molecular weight excluding hydrogens is 286 g/mol. The quantitative estimate of drug-likeness (QED) is 0.618. The fourth-order valence-corrected chi connectivity index (χ4v) is 2.28. The topological polar surface area (TPSA) is 81.5 Å². The Morgan fingerprint density at radius 3 is 2.36 bits per heavy atom. The van der Waals surface area contributed by atoms with Gasteiger partial charge >= 0.3 is 5.97 Å². The first-order chi connectivity index (χ1) is 10.6. The molecule has 0 unspecified atom stereocenters. The number of hydrogen-bond donors (Lipinski definition) is 0. The van der Waals surface area contributed by atoms with E-state index in [1.165, 1.54) is 17.1 Å². The lowest BCUT2D eigenvalue weighted by Gasteiger charge is -2.13. The maximum absolute atomic E-state index is 12.1. The highest BCUT2D eigenvalue weighted by molar-refractivity contribution is 6.21. The van der Waals surface area contributed by atoms with Crippen LogP contribution in [0.25, 0.3) is 0 Å². The number of amides is 2. The minimum atomic E-state index is -0.537. The number of aromatic nitrogens is 2. The summed E-state index contributed by atoms with van der Waals surface area (Å²) in [6, 6.07) is 6.63. The van der Waals surface area contributed by atoms with E-state index in [0.29, 0.717) is 16.7 Å². The summed E-state index contributed by atoms with van der Waals surface area (Å²) in [5.41, 5.74) is 1.09. The molecule has 0 spiro atoms. The molecule has 0 bridgehead atoms. The smallest absolute Gasteiger partial charge is 0.341 e. The Kier molecular flexibility index (Phi) is 3.46. The van der Waals surface area contributed by atoms with Gasteiger partial charge in [0.1, 0.15) is 6.61 Å². The Balaban J connectivity index is 1.60. The largest absolute Gasteiger partial charge is 0.460 e. The first-order valence-electron chi connectivity index (χ1n) is 6.69. The molecule has 3 rings (SSSR count). The molecule has 0 saturated carbocycles. The van der Waals surface area contributed by atoms with Crippen LogP contribution in [-0.4, -0.2) is 45.6 Å². The van der Waals surface area contributed by atoms with Crippen LogP contribution in [0.5, 0.6) is 0 Å². The van der Waals surface area contributed by atoms with Crippen molar-refractivity contribution in [3.05, 3.63) is 53.3 Å². The van der Waals surface area contributed by atoms with Crippen molar-refractivity contribution < 1.29 is 19.1 Å². The summed E-state index contributed by atoms with van der Waals surface area (Å²) in [6.07, 6.45) is 2.93. The summed E-state index contributed by atoms with van der Waals surface area (Å²) in [5, 5.41) is 3.87. The highest BCUT2D eigenvalue weighted by atomic mass is 16.5. The molecule has 0 fully saturated rings. The van der Waals surface area contributed by atoms with Crippen molar-refractivity contribution >= 4 is 17.8 Å². The van der Waals surface area contributed by atoms with Crippen molar-refractivity contribution in [2.45, 2.75) is 0 Å². The number of ether oxygens (including phenoxy) is 1. The molecule has 7 nitrogen and oxygen atoms in total. The third-order valence-electron chi connectivity index (χ3n) is 3.37. The lowest BCUT2D eigenvalue weighted by Crippen LogP contribution is -2.33. The zero-order valence-corrected chi connectivity index (χ0v) is 11.9. The van der Waals surface area contributed by atoms with Crippen LogP contribution < -0.4 is 0 Å². The number of hydrogen-bond acceptors (Lipinski definition) is 5. The molecule has 0 N–H and O–H groups in total. The van der Waals surface area contributed by atoms with Gasteiger partial charge in [-0.2, -0.15) is 5.10 Å². The van der Waals surface area contributed by atoms with Crippen LogP contribution in [0.15, 0.2) is 36.7 Å². The molecule has 1 aromatic carbocycles. The maximum Gasteiger partial charge on any atom is 0.341 e. The summed E-state index contributed by atoms with van der Waals surface area (Å²) in [5.74, 6) is -1.26. The van der Waals surface area contributed by atoms with Crippen molar-refractivity contribution in [2.24, 2.45) is 7.05 Å². The molecule has 2 aromatic rings. The minimum Gasteiger partial charge on any atom is -0.460 e. The average molecular weight is 299 g/mol. The molecule has 1 aliphatic heterocycles. The summed E-state index contributed by atoms with van der Waals surface area (Å²) in [7, 11) is 1.69. The number of carbonyl (C=O) groups is 3. The third-order valence-corrected chi connectivity index (χ3v) is 3.37. The molecule has 2 heterocycles. The fourth-order valence-electron chi connectivity index (χ4n) is 2.28. The van der Waals surface area contributed by atoms with E-state index in [9.17, 15) is 14.4 Å². The SMILES string of the molecule is Cn1cc(C(=O)OCCN2C(=O)c3ccccc3C2=O)cn1. The molecule has 2 amide bonds. The monoisotopic (exact) mass is 299 g/mol. The van der Waals surface area contributed by atoms with Crippen LogP contribution in [0, 0.1) is 0 Å². The average Bonchev–Trinajstić information content (AvgIpc) is 3.05. The Morgan fingerprint density at radius 2 is 1.82 bits per heavy atom. The number of aryl methyl sites for hydroxylation is 1. The number of rotatable bonds is 4. The van der Waals surface area contributed by atoms with E-state index in [-0.39, 0.29) is 25.0 Å². The third kappa shape index (κ3) is 2.37. The van der Waals surface area contributed by atoms with E-state index in [1.54, 1.807) is 31.3 Å². The van der Waals surface area contributed by atoms with Crippen LogP contribution in [0.2, 0.25) is 0 Å². The lowest BCUT2D eigenvalue weighted by atomic mass is 10.1. The molecule has 112 valence electrons. The number of esters is 1. The number of imide groups is 1. The highest BCUT2D eigenvalue weighted by Gasteiger charge is 2.34. The normalized spacial score (nSPS) is 13.4. The van der Waals surface area contributed by atoms with E-state index in [0.717, 1.165) is 4.90 Å². The molecule has 0 radical (unpaired) electrons. The molecule has 1 aliphatic rings. The number of fused-ring (bicyclic) bond motifs is 1. The van der Waals surface area contributed by atoms with Crippen molar-refractivity contribution in [3.63, 3.8) is 0 Å². The van der Waals surface area contributed by atoms with Gasteiger partial charge in [0.25, 0.3) is 11.8 Å². The van der Waals surface area contributed by atoms with Crippen LogP contribution in [0.1, 0.15) is 31.1 Å². The minimum absolute atomic E-state index is 0.0261. The van der Waals surface area contributed by atoms with Gasteiger partial charge in [-0.15, -0.1) is 0 Å². The molecule has 0 aliphatic carbocycles. The van der Waals surface area contributed by atoms with Crippen LogP contribution >= 0.6 is 0 Å². The fraction of sp³-hybridized carbons (Fsp3) is 0.200. The van der Waals surface area contributed by atoms with Crippen LogP contribution in [0.3, 0.4) is 0 Å². The second-order valence-corrected chi connectivity index (χ2v) is 4.85. The number of nitrogens with zero attached hydrogens (tertiary/aromatic N) is 3. The molecule has 1 aromatic heterocycles. The zero-order valence-electron chi connectivity index (χ0n) is 11.9. The molecular formula is C15H13N3O4. The summed E-state index contributed by atoms with van der Waals surface area (Å²) < 4.78 is 6.55. The maximum atomic E-state index is 12.1. The van der Waals surface area contributed by atoms with Crippen molar-refractivity contribution in [2.75, 3.05) is 13.2 Å².